The van der Waals surface area contributed by atoms with Crippen LogP contribution in [0.4, 0.5) is 5.82 Å². The number of pyridine rings is 1. The van der Waals surface area contributed by atoms with Crippen LogP contribution in [0.25, 0.3) is 0 Å². The molecule has 7 nitrogen and oxygen atoms in total. The minimum absolute atomic E-state index is 0.0429. The number of amides is 1. The van der Waals surface area contributed by atoms with Crippen molar-refractivity contribution in [3.05, 3.63) is 18.3 Å². The van der Waals surface area contributed by atoms with Crippen LogP contribution in [-0.4, -0.2) is 50.9 Å². The summed E-state index contributed by atoms with van der Waals surface area (Å²) in [5.41, 5.74) is 0. The molecule has 0 atom stereocenters. The number of anilines is 1. The molecule has 1 rings (SSSR count). The molecule has 0 aliphatic carbocycles. The Bertz CT molecular complexity index is 570. The van der Waals surface area contributed by atoms with Crippen molar-refractivity contribution in [3.63, 3.8) is 0 Å². The number of hydrogen-bond acceptors (Lipinski definition) is 5. The van der Waals surface area contributed by atoms with Crippen molar-refractivity contribution < 1.29 is 13.2 Å². The van der Waals surface area contributed by atoms with Crippen LogP contribution >= 0.6 is 0 Å². The van der Waals surface area contributed by atoms with Crippen LogP contribution in [0.15, 0.2) is 23.2 Å². The molecule has 2 N–H and O–H groups in total. The second kappa shape index (κ2) is 6.67. The number of rotatable bonds is 6. The average molecular weight is 300 g/mol. The Hall–Kier alpha value is -1.67. The second-order valence-electron chi connectivity index (χ2n) is 4.29. The van der Waals surface area contributed by atoms with Crippen LogP contribution < -0.4 is 10.0 Å². The van der Waals surface area contributed by atoms with Crippen molar-refractivity contribution in [2.24, 2.45) is 5.14 Å². The van der Waals surface area contributed by atoms with Gasteiger partial charge in [0.05, 0.1) is 6.54 Å². The number of likely N-dealkylation sites (N-methyl/N-ethyl adjacent to an activating group) is 2. The third-order valence-electron chi connectivity index (χ3n) is 2.91. The van der Waals surface area contributed by atoms with Crippen LogP contribution in [-0.2, 0) is 14.8 Å². The summed E-state index contributed by atoms with van der Waals surface area (Å²) < 4.78 is 23.0. The fourth-order valence-corrected chi connectivity index (χ4v) is 2.58. The maximum atomic E-state index is 12.0. The van der Waals surface area contributed by atoms with Gasteiger partial charge in [-0.3, -0.25) is 4.79 Å². The monoisotopic (exact) mass is 300 g/mol. The predicted molar refractivity (Wildman–Crippen MR) is 76.8 cm³/mol. The summed E-state index contributed by atoms with van der Waals surface area (Å²) in [6.45, 7) is 5.03. The first-order chi connectivity index (χ1) is 9.31. The van der Waals surface area contributed by atoms with E-state index in [0.717, 1.165) is 0 Å². The Kier molecular flexibility index (Phi) is 5.46. The van der Waals surface area contributed by atoms with Crippen molar-refractivity contribution in [2.45, 2.75) is 18.7 Å². The number of aromatic nitrogens is 1. The van der Waals surface area contributed by atoms with E-state index < -0.39 is 10.0 Å². The number of carbonyl (C=O) groups excluding carboxylic acids is 1. The summed E-state index contributed by atoms with van der Waals surface area (Å²) in [6.07, 6.45) is 1.46. The van der Waals surface area contributed by atoms with Gasteiger partial charge in [0.1, 0.15) is 10.7 Å². The zero-order chi connectivity index (χ0) is 15.3. The quantitative estimate of drug-likeness (QED) is 0.799. The molecule has 112 valence electrons. The molecule has 1 amide bonds. The van der Waals surface area contributed by atoms with Gasteiger partial charge in [-0.15, -0.1) is 0 Å². The summed E-state index contributed by atoms with van der Waals surface area (Å²) in [5, 5.41) is 5.15. The summed E-state index contributed by atoms with van der Waals surface area (Å²) in [6, 6.07) is 2.86. The molecule has 0 saturated heterocycles. The van der Waals surface area contributed by atoms with Gasteiger partial charge in [0.15, 0.2) is 0 Å². The van der Waals surface area contributed by atoms with E-state index in [0.29, 0.717) is 13.1 Å². The van der Waals surface area contributed by atoms with Gasteiger partial charge in [0.25, 0.3) is 0 Å². The number of hydrogen-bond donors (Lipinski definition) is 1. The Morgan fingerprint density at radius 2 is 1.95 bits per heavy atom. The highest BCUT2D eigenvalue weighted by Gasteiger charge is 2.20. The number of sulfonamides is 1. The largest absolute Gasteiger partial charge is 0.349 e. The van der Waals surface area contributed by atoms with Crippen molar-refractivity contribution in [1.82, 2.24) is 9.88 Å². The Morgan fingerprint density at radius 1 is 1.35 bits per heavy atom. The number of primary sulfonamides is 1. The van der Waals surface area contributed by atoms with Crippen molar-refractivity contribution in [1.29, 1.82) is 0 Å². The van der Waals surface area contributed by atoms with Crippen molar-refractivity contribution in [3.8, 4) is 0 Å². The maximum absolute atomic E-state index is 12.0. The lowest BCUT2D eigenvalue weighted by molar-refractivity contribution is -0.129. The zero-order valence-electron chi connectivity index (χ0n) is 11.9. The predicted octanol–water partition coefficient (Wildman–Crippen LogP) is 0.0336. The average Bonchev–Trinajstić information content (AvgIpc) is 2.39. The number of carbonyl (C=O) groups is 1. The molecule has 1 heterocycles. The molecule has 0 aromatic carbocycles. The molecule has 0 aliphatic rings. The highest BCUT2D eigenvalue weighted by Crippen LogP contribution is 2.19. The van der Waals surface area contributed by atoms with Crippen LogP contribution in [0.1, 0.15) is 13.8 Å². The van der Waals surface area contributed by atoms with E-state index in [1.807, 2.05) is 13.8 Å². The first kappa shape index (κ1) is 16.4. The van der Waals surface area contributed by atoms with Gasteiger partial charge in [-0.05, 0) is 26.0 Å². The van der Waals surface area contributed by atoms with Gasteiger partial charge in [-0.25, -0.2) is 18.5 Å². The third-order valence-corrected chi connectivity index (χ3v) is 3.84. The van der Waals surface area contributed by atoms with E-state index in [9.17, 15) is 13.2 Å². The lowest BCUT2D eigenvalue weighted by atomic mass is 10.4. The van der Waals surface area contributed by atoms with Gasteiger partial charge in [0.2, 0.25) is 15.9 Å². The van der Waals surface area contributed by atoms with Gasteiger partial charge in [-0.2, -0.15) is 0 Å². The summed E-state index contributed by atoms with van der Waals surface area (Å²) in [7, 11) is -2.27. The highest BCUT2D eigenvalue weighted by atomic mass is 32.2. The van der Waals surface area contributed by atoms with E-state index in [1.165, 1.54) is 23.2 Å². The SMILES string of the molecule is CCN(CC)C(=O)CN(C)c1ncccc1S(N)(=O)=O. The molecule has 0 fully saturated rings. The first-order valence-corrected chi connectivity index (χ1v) is 7.82. The molecule has 0 radical (unpaired) electrons. The molecule has 0 bridgehead atoms. The van der Waals surface area contributed by atoms with E-state index in [1.54, 1.807) is 11.9 Å². The first-order valence-electron chi connectivity index (χ1n) is 6.28. The van der Waals surface area contributed by atoms with Crippen LogP contribution in [0, 0.1) is 0 Å². The molecule has 1 aromatic heterocycles. The standard InChI is InChI=1S/C12H20N4O3S/c1-4-16(5-2)11(17)9-15(3)12-10(20(13,18)19)7-6-8-14-12/h6-8H,4-5,9H2,1-3H3,(H2,13,18,19). The topological polar surface area (TPSA) is 96.6 Å². The number of nitrogens with two attached hydrogens (primary N) is 1. The fraction of sp³-hybridized carbons (Fsp3) is 0.500. The number of nitrogens with zero attached hydrogens (tertiary/aromatic N) is 3. The Morgan fingerprint density at radius 3 is 2.45 bits per heavy atom. The van der Waals surface area contributed by atoms with Gasteiger partial charge in [-0.1, -0.05) is 0 Å². The van der Waals surface area contributed by atoms with Crippen LogP contribution in [0.2, 0.25) is 0 Å². The molecular weight excluding hydrogens is 280 g/mol. The normalized spacial score (nSPS) is 11.2. The molecule has 8 heteroatoms. The smallest absolute Gasteiger partial charge is 0.242 e. The van der Waals surface area contributed by atoms with E-state index in [-0.39, 0.29) is 23.2 Å². The van der Waals surface area contributed by atoms with Gasteiger partial charge >= 0.3 is 0 Å². The van der Waals surface area contributed by atoms with E-state index in [4.69, 9.17) is 5.14 Å². The minimum atomic E-state index is -3.87. The fourth-order valence-electron chi connectivity index (χ4n) is 1.85. The summed E-state index contributed by atoms with van der Waals surface area (Å²) in [4.78, 5) is 19.1. The Labute approximate surface area is 119 Å². The van der Waals surface area contributed by atoms with E-state index >= 15 is 0 Å². The van der Waals surface area contributed by atoms with Crippen molar-refractivity contribution in [2.75, 3.05) is 31.6 Å². The maximum Gasteiger partial charge on any atom is 0.242 e. The molecule has 0 saturated carbocycles. The third kappa shape index (κ3) is 3.91. The highest BCUT2D eigenvalue weighted by molar-refractivity contribution is 7.89. The van der Waals surface area contributed by atoms with Gasteiger partial charge in [0, 0.05) is 26.3 Å². The zero-order valence-corrected chi connectivity index (χ0v) is 12.7. The Balaban J connectivity index is 2.99. The molecule has 0 spiro atoms. The molecule has 0 aliphatic heterocycles. The molecule has 1 aromatic rings. The second-order valence-corrected chi connectivity index (χ2v) is 5.82. The van der Waals surface area contributed by atoms with Gasteiger partial charge < -0.3 is 9.80 Å². The summed E-state index contributed by atoms with van der Waals surface area (Å²) >= 11 is 0. The van der Waals surface area contributed by atoms with Crippen LogP contribution in [0.3, 0.4) is 0 Å². The van der Waals surface area contributed by atoms with Crippen LogP contribution in [0.5, 0.6) is 0 Å². The minimum Gasteiger partial charge on any atom is -0.349 e. The molecule has 0 unspecified atom stereocenters. The van der Waals surface area contributed by atoms with Crippen molar-refractivity contribution >= 4 is 21.7 Å². The lowest BCUT2D eigenvalue weighted by Crippen LogP contribution is -2.39. The molecule has 20 heavy (non-hydrogen) atoms. The molecular formula is C12H20N4O3S. The summed E-state index contributed by atoms with van der Waals surface area (Å²) in [5.74, 6) is 0.0824. The lowest BCUT2D eigenvalue weighted by Gasteiger charge is -2.24. The van der Waals surface area contributed by atoms with E-state index in [2.05, 4.69) is 4.98 Å².